The highest BCUT2D eigenvalue weighted by atomic mass is 32.2. The number of carbonyl (C=O) groups is 2. The number of carbonyl (C=O) groups excluding carboxylic acids is 2. The van der Waals surface area contributed by atoms with Gasteiger partial charge in [0.25, 0.3) is 0 Å². The first-order chi connectivity index (χ1) is 20.4. The van der Waals surface area contributed by atoms with Crippen LogP contribution in [0.3, 0.4) is 0 Å². The van der Waals surface area contributed by atoms with E-state index < -0.39 is 44.5 Å². The maximum absolute atomic E-state index is 13.7. The predicted molar refractivity (Wildman–Crippen MR) is 155 cm³/mol. The fourth-order valence-corrected chi connectivity index (χ4v) is 7.46. The Labute approximate surface area is 251 Å². The van der Waals surface area contributed by atoms with Crippen LogP contribution < -0.4 is 10.1 Å². The van der Waals surface area contributed by atoms with E-state index in [0.717, 1.165) is 29.7 Å². The molecule has 1 aromatic carbocycles. The number of ether oxygens (including phenoxy) is 2. The highest BCUT2D eigenvalue weighted by molar-refractivity contribution is 7.91. The molecule has 0 bridgehead atoms. The average molecular weight is 640 g/mol. The Kier molecular flexibility index (Phi) is 10.1. The van der Waals surface area contributed by atoms with Crippen LogP contribution in [0.2, 0.25) is 0 Å². The Morgan fingerprint density at radius 3 is 2.58 bits per heavy atom. The van der Waals surface area contributed by atoms with Gasteiger partial charge in [-0.2, -0.15) is 13.2 Å². The number of anilines is 1. The van der Waals surface area contributed by atoms with Crippen molar-refractivity contribution in [3.8, 4) is 17.0 Å². The van der Waals surface area contributed by atoms with Gasteiger partial charge in [0.15, 0.2) is 0 Å². The number of rotatable bonds is 11. The molecule has 0 spiro atoms. The molecule has 4 rings (SSSR count). The number of hydrogen-bond acceptors (Lipinski definition) is 9. The Hall–Kier alpha value is -3.52. The molecule has 2 heterocycles. The molecule has 2 aromatic heterocycles. The van der Waals surface area contributed by atoms with E-state index in [1.165, 1.54) is 30.6 Å². The molecule has 0 radical (unpaired) electrons. The zero-order chi connectivity index (χ0) is 31.4. The lowest BCUT2D eigenvalue weighted by Crippen LogP contribution is -2.19. The summed E-state index contributed by atoms with van der Waals surface area (Å²) in [7, 11) is -3.09. The van der Waals surface area contributed by atoms with Gasteiger partial charge in [0.1, 0.15) is 16.4 Å². The quantitative estimate of drug-likeness (QED) is 0.197. The molecule has 3 aromatic rings. The summed E-state index contributed by atoms with van der Waals surface area (Å²) in [6, 6.07) is 6.79. The fourth-order valence-electron chi connectivity index (χ4n) is 4.92. The van der Waals surface area contributed by atoms with Gasteiger partial charge in [-0.05, 0) is 62.3 Å². The molecular formula is C29H32F3N3O6S2. The number of halogens is 3. The molecule has 1 aliphatic carbocycles. The maximum Gasteiger partial charge on any atom is 0.433 e. The molecule has 9 nitrogen and oxygen atoms in total. The number of esters is 1. The average Bonchev–Trinajstić information content (AvgIpc) is 3.33. The summed E-state index contributed by atoms with van der Waals surface area (Å²) in [4.78, 5) is 33.9. The van der Waals surface area contributed by atoms with Crippen LogP contribution in [-0.2, 0) is 38.4 Å². The van der Waals surface area contributed by atoms with Crippen LogP contribution in [0.1, 0.15) is 66.0 Å². The summed E-state index contributed by atoms with van der Waals surface area (Å²) < 4.78 is 77.6. The van der Waals surface area contributed by atoms with Gasteiger partial charge in [0.2, 0.25) is 20.9 Å². The molecule has 0 saturated carbocycles. The smallest absolute Gasteiger partial charge is 0.433 e. The van der Waals surface area contributed by atoms with Crippen LogP contribution in [0.15, 0.2) is 35.5 Å². The molecule has 0 saturated heterocycles. The summed E-state index contributed by atoms with van der Waals surface area (Å²) in [5.74, 6) is -1.04. The number of aromatic nitrogens is 2. The molecule has 43 heavy (non-hydrogen) atoms. The van der Waals surface area contributed by atoms with Crippen LogP contribution in [0, 0.1) is 5.92 Å². The number of amides is 1. The minimum Gasteiger partial charge on any atom is -0.496 e. The summed E-state index contributed by atoms with van der Waals surface area (Å²) >= 11 is 1.32. The van der Waals surface area contributed by atoms with Crippen LogP contribution in [0.4, 0.5) is 18.2 Å². The van der Waals surface area contributed by atoms with Crippen LogP contribution >= 0.6 is 11.3 Å². The van der Waals surface area contributed by atoms with Gasteiger partial charge in [0, 0.05) is 16.9 Å². The van der Waals surface area contributed by atoms with Crippen molar-refractivity contribution in [1.29, 1.82) is 0 Å². The number of hydrogen-bond donors (Lipinski definition) is 1. The number of benzene rings is 1. The minimum absolute atomic E-state index is 0.162. The first-order valence-corrected chi connectivity index (χ1v) is 16.3. The van der Waals surface area contributed by atoms with Gasteiger partial charge in [-0.15, -0.1) is 11.3 Å². The zero-order valence-electron chi connectivity index (χ0n) is 23.9. The molecule has 1 atom stereocenters. The molecule has 1 aliphatic rings. The molecule has 0 aliphatic heterocycles. The van der Waals surface area contributed by atoms with Crippen molar-refractivity contribution in [3.63, 3.8) is 0 Å². The molecule has 14 heteroatoms. The van der Waals surface area contributed by atoms with Crippen LogP contribution in [0.25, 0.3) is 11.3 Å². The minimum atomic E-state index is -4.93. The van der Waals surface area contributed by atoms with Crippen molar-refractivity contribution in [2.45, 2.75) is 63.7 Å². The third-order valence-corrected chi connectivity index (χ3v) is 9.89. The largest absolute Gasteiger partial charge is 0.496 e. The molecule has 0 unspecified atom stereocenters. The van der Waals surface area contributed by atoms with E-state index in [4.69, 9.17) is 9.47 Å². The van der Waals surface area contributed by atoms with Gasteiger partial charge in [0.05, 0.1) is 30.7 Å². The van der Waals surface area contributed by atoms with E-state index in [9.17, 15) is 31.2 Å². The first kappa shape index (κ1) is 32.4. The normalized spacial score (nSPS) is 15.1. The summed E-state index contributed by atoms with van der Waals surface area (Å²) in [6.07, 6.45) is -2.00. The van der Waals surface area contributed by atoms with E-state index in [1.54, 1.807) is 19.1 Å². The van der Waals surface area contributed by atoms with E-state index in [1.807, 2.05) is 0 Å². The third kappa shape index (κ3) is 7.53. The van der Waals surface area contributed by atoms with E-state index in [-0.39, 0.29) is 36.5 Å². The van der Waals surface area contributed by atoms with Crippen molar-refractivity contribution in [2.24, 2.45) is 5.92 Å². The number of para-hydroxylation sites is 1. The standard InChI is InChI=1S/C29H32F3N3O6S2/c1-4-17-12-13-19-22(15-17)42-26(25(19)27(37)41-5-2)35-24(36)11-8-14-43(38,39)28-33-20(16-23(34-28)29(30,31)32)18-9-6-7-10-21(18)40-3/h6-7,9-10,16-17H,4-5,8,11-15H2,1-3H3,(H,35,36)/t17-/m1/s1. The number of sulfone groups is 1. The van der Waals surface area contributed by atoms with Crippen molar-refractivity contribution in [3.05, 3.63) is 52.0 Å². The van der Waals surface area contributed by atoms with Gasteiger partial charge >= 0.3 is 12.1 Å². The van der Waals surface area contributed by atoms with E-state index in [0.29, 0.717) is 29.0 Å². The lowest BCUT2D eigenvalue weighted by Gasteiger charge is -2.20. The highest BCUT2D eigenvalue weighted by Gasteiger charge is 2.36. The second-order valence-corrected chi connectivity index (χ2v) is 13.1. The fraction of sp³-hybridized carbons (Fsp3) is 0.448. The van der Waals surface area contributed by atoms with E-state index in [2.05, 4.69) is 22.2 Å². The van der Waals surface area contributed by atoms with Gasteiger partial charge in [-0.3, -0.25) is 4.79 Å². The second kappa shape index (κ2) is 13.4. The lowest BCUT2D eigenvalue weighted by molar-refractivity contribution is -0.141. The van der Waals surface area contributed by atoms with Crippen LogP contribution in [0.5, 0.6) is 5.75 Å². The van der Waals surface area contributed by atoms with Gasteiger partial charge in [-0.25, -0.2) is 23.2 Å². The lowest BCUT2D eigenvalue weighted by atomic mass is 9.85. The predicted octanol–water partition coefficient (Wildman–Crippen LogP) is 6.12. The summed E-state index contributed by atoms with van der Waals surface area (Å²) in [5, 5.41) is 2.09. The molecule has 232 valence electrons. The monoisotopic (exact) mass is 639 g/mol. The highest BCUT2D eigenvalue weighted by Crippen LogP contribution is 2.41. The number of alkyl halides is 3. The van der Waals surface area contributed by atoms with Crippen molar-refractivity contribution in [1.82, 2.24) is 9.97 Å². The second-order valence-electron chi connectivity index (χ2n) is 10.0. The van der Waals surface area contributed by atoms with E-state index >= 15 is 0 Å². The Morgan fingerprint density at radius 2 is 1.91 bits per heavy atom. The Bertz CT molecular complexity index is 1610. The van der Waals surface area contributed by atoms with Crippen molar-refractivity contribution >= 4 is 38.1 Å². The SMILES string of the molecule is CCOC(=O)c1c(NC(=O)CCCS(=O)(=O)c2nc(-c3ccccc3OC)cc(C(F)(F)F)n2)sc2c1CC[C@@H](CC)C2. The Morgan fingerprint density at radius 1 is 1.16 bits per heavy atom. The number of nitrogens with one attached hydrogen (secondary N) is 1. The molecule has 1 N–H and O–H groups in total. The Balaban J connectivity index is 1.51. The number of nitrogens with zero attached hydrogens (tertiary/aromatic N) is 2. The van der Waals surface area contributed by atoms with Gasteiger partial charge in [-0.1, -0.05) is 25.5 Å². The van der Waals surface area contributed by atoms with Crippen LogP contribution in [-0.4, -0.2) is 49.7 Å². The van der Waals surface area contributed by atoms with Crippen molar-refractivity contribution < 1.29 is 40.7 Å². The molecule has 1 amide bonds. The zero-order valence-corrected chi connectivity index (χ0v) is 25.5. The topological polar surface area (TPSA) is 125 Å². The van der Waals surface area contributed by atoms with Gasteiger partial charge < -0.3 is 14.8 Å². The summed E-state index contributed by atoms with van der Waals surface area (Å²) in [6.45, 7) is 3.97. The summed E-state index contributed by atoms with van der Waals surface area (Å²) in [5.41, 5.74) is -0.319. The maximum atomic E-state index is 13.7. The molecule has 0 fully saturated rings. The number of methoxy groups -OCH3 is 1. The first-order valence-electron chi connectivity index (χ1n) is 13.8. The van der Waals surface area contributed by atoms with Crippen molar-refractivity contribution in [2.75, 3.05) is 24.8 Å². The molecular weight excluding hydrogens is 607 g/mol. The third-order valence-electron chi connectivity index (χ3n) is 7.15. The number of thiophene rings is 1. The number of fused-ring (bicyclic) bond motifs is 1.